The number of benzene rings is 1. The van der Waals surface area contributed by atoms with Crippen molar-refractivity contribution < 1.29 is 8.42 Å². The minimum absolute atomic E-state index is 0.120. The average Bonchev–Trinajstić information content (AvgIpc) is 2.89. The molecule has 0 radical (unpaired) electrons. The molecule has 1 aliphatic rings. The molecule has 1 aromatic rings. The molecule has 0 atom stereocenters. The van der Waals surface area contributed by atoms with Crippen LogP contribution in [0.1, 0.15) is 31.2 Å². The summed E-state index contributed by atoms with van der Waals surface area (Å²) in [4.78, 5) is 0.382. The van der Waals surface area contributed by atoms with Crippen LogP contribution in [0.3, 0.4) is 0 Å². The number of nitrogens with zero attached hydrogens (tertiary/aromatic N) is 1. The van der Waals surface area contributed by atoms with E-state index in [1.807, 2.05) is 13.0 Å². The molecule has 2 N–H and O–H groups in total. The van der Waals surface area contributed by atoms with Gasteiger partial charge in [0.25, 0.3) is 0 Å². The Bertz CT molecular complexity index is 522. The van der Waals surface area contributed by atoms with Crippen LogP contribution in [0, 0.1) is 6.92 Å². The van der Waals surface area contributed by atoms with Crippen molar-refractivity contribution in [2.24, 2.45) is 5.73 Å². The maximum absolute atomic E-state index is 12.7. The summed E-state index contributed by atoms with van der Waals surface area (Å²) in [5, 5.41) is 0. The van der Waals surface area contributed by atoms with Gasteiger partial charge in [0.2, 0.25) is 10.0 Å². The zero-order valence-corrected chi connectivity index (χ0v) is 12.2. The summed E-state index contributed by atoms with van der Waals surface area (Å²) < 4.78 is 27.1. The van der Waals surface area contributed by atoms with Crippen LogP contribution in [0.15, 0.2) is 29.2 Å². The normalized spacial score (nSPS) is 17.2. The summed E-state index contributed by atoms with van der Waals surface area (Å²) in [5.41, 5.74) is 6.55. The third kappa shape index (κ3) is 3.16. The van der Waals surface area contributed by atoms with Gasteiger partial charge in [0.05, 0.1) is 4.90 Å². The minimum Gasteiger partial charge on any atom is -0.329 e. The van der Waals surface area contributed by atoms with Gasteiger partial charge < -0.3 is 5.73 Å². The van der Waals surface area contributed by atoms with Crippen molar-refractivity contribution in [1.82, 2.24) is 4.31 Å². The number of hydrogen-bond donors (Lipinski definition) is 1. The molecular formula is C14H22N2O2S. The van der Waals surface area contributed by atoms with E-state index < -0.39 is 10.0 Å². The van der Waals surface area contributed by atoms with Crippen molar-refractivity contribution >= 4 is 10.0 Å². The van der Waals surface area contributed by atoms with Gasteiger partial charge in [-0.3, -0.25) is 0 Å². The zero-order chi connectivity index (χ0) is 13.9. The van der Waals surface area contributed by atoms with Crippen LogP contribution in [-0.2, 0) is 10.0 Å². The molecule has 2 rings (SSSR count). The maximum Gasteiger partial charge on any atom is 0.243 e. The molecule has 0 spiro atoms. The van der Waals surface area contributed by atoms with Crippen LogP contribution < -0.4 is 5.73 Å². The molecule has 5 heteroatoms. The van der Waals surface area contributed by atoms with E-state index >= 15 is 0 Å². The summed E-state index contributed by atoms with van der Waals surface area (Å²) >= 11 is 0. The first-order valence-corrected chi connectivity index (χ1v) is 8.28. The molecule has 0 aliphatic heterocycles. The summed E-state index contributed by atoms with van der Waals surface area (Å²) in [7, 11) is -3.42. The molecule has 1 fully saturated rings. The van der Waals surface area contributed by atoms with Crippen molar-refractivity contribution in [2.75, 3.05) is 13.1 Å². The van der Waals surface area contributed by atoms with Gasteiger partial charge in [-0.05, 0) is 37.5 Å². The van der Waals surface area contributed by atoms with Crippen LogP contribution in [-0.4, -0.2) is 31.9 Å². The molecular weight excluding hydrogens is 260 g/mol. The Balaban J connectivity index is 2.33. The van der Waals surface area contributed by atoms with Crippen LogP contribution in [0.5, 0.6) is 0 Å². The molecule has 4 nitrogen and oxygen atoms in total. The Hall–Kier alpha value is -0.910. The topological polar surface area (TPSA) is 63.4 Å². The lowest BCUT2D eigenvalue weighted by Crippen LogP contribution is -2.41. The lowest BCUT2D eigenvalue weighted by Gasteiger charge is -2.27. The van der Waals surface area contributed by atoms with E-state index in [1.165, 1.54) is 0 Å². The average molecular weight is 282 g/mol. The Kier molecular flexibility index (Phi) is 4.60. The number of aryl methyl sites for hydroxylation is 1. The Morgan fingerprint density at radius 1 is 1.32 bits per heavy atom. The minimum atomic E-state index is -3.42. The van der Waals surface area contributed by atoms with Crippen molar-refractivity contribution in [2.45, 2.75) is 43.5 Å². The molecule has 1 aromatic carbocycles. The fourth-order valence-corrected chi connectivity index (χ4v) is 4.53. The van der Waals surface area contributed by atoms with Crippen molar-refractivity contribution in [3.8, 4) is 0 Å². The molecule has 1 aliphatic carbocycles. The van der Waals surface area contributed by atoms with Gasteiger partial charge in [-0.25, -0.2) is 8.42 Å². The second-order valence-corrected chi connectivity index (χ2v) is 7.05. The first-order valence-electron chi connectivity index (χ1n) is 6.84. The predicted octanol–water partition coefficient (Wildman–Crippen LogP) is 1.89. The summed E-state index contributed by atoms with van der Waals surface area (Å²) in [5.74, 6) is 0. The molecule has 19 heavy (non-hydrogen) atoms. The van der Waals surface area contributed by atoms with Gasteiger partial charge in [-0.2, -0.15) is 4.31 Å². The predicted molar refractivity (Wildman–Crippen MR) is 76.4 cm³/mol. The van der Waals surface area contributed by atoms with Crippen molar-refractivity contribution in [3.05, 3.63) is 29.8 Å². The highest BCUT2D eigenvalue weighted by molar-refractivity contribution is 7.89. The third-order valence-corrected chi connectivity index (χ3v) is 5.63. The highest BCUT2D eigenvalue weighted by atomic mass is 32.2. The third-order valence-electron chi connectivity index (χ3n) is 3.68. The van der Waals surface area contributed by atoms with Gasteiger partial charge in [-0.1, -0.05) is 25.0 Å². The first kappa shape index (κ1) is 14.5. The zero-order valence-electron chi connectivity index (χ0n) is 11.4. The van der Waals surface area contributed by atoms with Gasteiger partial charge >= 0.3 is 0 Å². The highest BCUT2D eigenvalue weighted by Gasteiger charge is 2.32. The SMILES string of the molecule is Cc1cccc(S(=O)(=O)N(CCN)C2CCCC2)c1. The molecule has 0 bridgehead atoms. The van der Waals surface area contributed by atoms with Crippen molar-refractivity contribution in [3.63, 3.8) is 0 Å². The lowest BCUT2D eigenvalue weighted by atomic mass is 10.2. The molecule has 0 saturated heterocycles. The Morgan fingerprint density at radius 3 is 2.58 bits per heavy atom. The van der Waals surface area contributed by atoms with Gasteiger partial charge in [0.1, 0.15) is 0 Å². The van der Waals surface area contributed by atoms with Gasteiger partial charge in [-0.15, -0.1) is 0 Å². The van der Waals surface area contributed by atoms with E-state index in [2.05, 4.69) is 0 Å². The lowest BCUT2D eigenvalue weighted by molar-refractivity contribution is 0.328. The van der Waals surface area contributed by atoms with Crippen LogP contribution >= 0.6 is 0 Å². The van der Waals surface area contributed by atoms with E-state index in [1.54, 1.807) is 22.5 Å². The smallest absolute Gasteiger partial charge is 0.243 e. The quantitative estimate of drug-likeness (QED) is 0.897. The molecule has 106 valence electrons. The van der Waals surface area contributed by atoms with Gasteiger partial charge in [0.15, 0.2) is 0 Å². The standard InChI is InChI=1S/C14H22N2O2S/c1-12-5-4-8-14(11-12)19(17,18)16(10-9-15)13-6-2-3-7-13/h4-5,8,11,13H,2-3,6-7,9-10,15H2,1H3. The van der Waals surface area contributed by atoms with Crippen LogP contribution in [0.2, 0.25) is 0 Å². The van der Waals surface area contributed by atoms with Gasteiger partial charge in [0, 0.05) is 19.1 Å². The highest BCUT2D eigenvalue weighted by Crippen LogP contribution is 2.28. The Morgan fingerprint density at radius 2 is 2.00 bits per heavy atom. The van der Waals surface area contributed by atoms with E-state index in [0.29, 0.717) is 18.0 Å². The fourth-order valence-electron chi connectivity index (χ4n) is 2.73. The van der Waals surface area contributed by atoms with Crippen molar-refractivity contribution in [1.29, 1.82) is 0 Å². The summed E-state index contributed by atoms with van der Waals surface area (Å²) in [6, 6.07) is 7.21. The second kappa shape index (κ2) is 6.03. The number of rotatable bonds is 5. The van der Waals surface area contributed by atoms with Crippen LogP contribution in [0.4, 0.5) is 0 Å². The maximum atomic E-state index is 12.7. The molecule has 0 aromatic heterocycles. The molecule has 0 heterocycles. The number of hydrogen-bond acceptors (Lipinski definition) is 3. The first-order chi connectivity index (χ1) is 9.05. The molecule has 1 saturated carbocycles. The second-order valence-electron chi connectivity index (χ2n) is 5.16. The monoisotopic (exact) mass is 282 g/mol. The summed E-state index contributed by atoms with van der Waals surface area (Å²) in [6.07, 6.45) is 4.11. The van der Waals surface area contributed by atoms with E-state index in [9.17, 15) is 8.42 Å². The van der Waals surface area contributed by atoms with Crippen LogP contribution in [0.25, 0.3) is 0 Å². The summed E-state index contributed by atoms with van der Waals surface area (Å²) in [6.45, 7) is 2.67. The van der Waals surface area contributed by atoms with E-state index in [4.69, 9.17) is 5.73 Å². The fraction of sp³-hybridized carbons (Fsp3) is 0.571. The molecule has 0 amide bonds. The number of sulfonamides is 1. The largest absolute Gasteiger partial charge is 0.329 e. The number of nitrogens with two attached hydrogens (primary N) is 1. The van der Waals surface area contributed by atoms with E-state index in [-0.39, 0.29) is 6.04 Å². The van der Waals surface area contributed by atoms with E-state index in [0.717, 1.165) is 31.2 Å². The Labute approximate surface area is 115 Å². The molecule has 0 unspecified atom stereocenters.